The number of rotatable bonds is 4. The smallest absolute Gasteiger partial charge is 0.148 e. The molecule has 0 unspecified atom stereocenters. The zero-order valence-electron chi connectivity index (χ0n) is 10.4. The third kappa shape index (κ3) is 2.11. The molecule has 2 rings (SSSR count). The lowest BCUT2D eigenvalue weighted by atomic mass is 10.4. The molecule has 0 aliphatic rings. The van der Waals surface area contributed by atoms with Crippen LogP contribution < -0.4 is 11.1 Å². The van der Waals surface area contributed by atoms with Crippen molar-refractivity contribution in [2.45, 2.75) is 26.9 Å². The third-order valence-corrected chi connectivity index (χ3v) is 2.81. The van der Waals surface area contributed by atoms with Gasteiger partial charge in [0, 0.05) is 26.0 Å². The molecule has 6 heteroatoms. The van der Waals surface area contributed by atoms with Crippen molar-refractivity contribution in [1.29, 1.82) is 0 Å². The van der Waals surface area contributed by atoms with Gasteiger partial charge in [0.2, 0.25) is 0 Å². The lowest BCUT2D eigenvalue weighted by Gasteiger charge is -2.09. The molecule has 0 aromatic carbocycles. The topological polar surface area (TPSA) is 73.7 Å². The van der Waals surface area contributed by atoms with Crippen molar-refractivity contribution >= 4 is 11.5 Å². The monoisotopic (exact) mass is 234 g/mol. The first kappa shape index (κ1) is 11.5. The minimum Gasteiger partial charge on any atom is -0.394 e. The fourth-order valence-corrected chi connectivity index (χ4v) is 1.74. The summed E-state index contributed by atoms with van der Waals surface area (Å²) >= 11 is 0. The van der Waals surface area contributed by atoms with E-state index in [1.165, 1.54) is 0 Å². The van der Waals surface area contributed by atoms with Gasteiger partial charge in [-0.3, -0.25) is 0 Å². The Hall–Kier alpha value is -1.98. The standard InChI is InChI=1S/C11H18N6/c1-4-17-11(10(12)8(2)15-17)14-7-9-13-5-6-16(9)3/h5-6,14H,4,7,12H2,1-3H3. The molecule has 0 fully saturated rings. The molecule has 0 radical (unpaired) electrons. The predicted octanol–water partition coefficient (Wildman–Crippen LogP) is 1.14. The molecule has 0 saturated heterocycles. The lowest BCUT2D eigenvalue weighted by molar-refractivity contribution is 0.655. The van der Waals surface area contributed by atoms with Crippen molar-refractivity contribution in [2.24, 2.45) is 7.05 Å². The SMILES string of the molecule is CCn1nc(C)c(N)c1NCc1nccn1C. The van der Waals surface area contributed by atoms with Gasteiger partial charge in [-0.15, -0.1) is 0 Å². The van der Waals surface area contributed by atoms with E-state index < -0.39 is 0 Å². The Balaban J connectivity index is 2.16. The molecule has 17 heavy (non-hydrogen) atoms. The maximum atomic E-state index is 5.98. The van der Waals surface area contributed by atoms with Gasteiger partial charge in [0.05, 0.1) is 17.9 Å². The van der Waals surface area contributed by atoms with E-state index in [0.717, 1.165) is 23.9 Å². The summed E-state index contributed by atoms with van der Waals surface area (Å²) in [5.41, 5.74) is 7.55. The van der Waals surface area contributed by atoms with E-state index in [1.807, 2.05) is 36.3 Å². The number of nitrogens with zero attached hydrogens (tertiary/aromatic N) is 4. The van der Waals surface area contributed by atoms with E-state index in [9.17, 15) is 0 Å². The highest BCUT2D eigenvalue weighted by atomic mass is 15.3. The van der Waals surface area contributed by atoms with Crippen LogP contribution in [-0.4, -0.2) is 19.3 Å². The van der Waals surface area contributed by atoms with Gasteiger partial charge in [0.15, 0.2) is 0 Å². The number of hydrogen-bond donors (Lipinski definition) is 2. The van der Waals surface area contributed by atoms with E-state index in [-0.39, 0.29) is 0 Å². The molecular formula is C11H18N6. The number of aromatic nitrogens is 4. The average Bonchev–Trinajstić information content (AvgIpc) is 2.83. The molecule has 2 aromatic rings. The van der Waals surface area contributed by atoms with Crippen LogP contribution in [0, 0.1) is 6.92 Å². The van der Waals surface area contributed by atoms with E-state index in [1.54, 1.807) is 6.20 Å². The summed E-state index contributed by atoms with van der Waals surface area (Å²) in [6.45, 7) is 5.38. The third-order valence-electron chi connectivity index (χ3n) is 2.81. The van der Waals surface area contributed by atoms with Gasteiger partial charge < -0.3 is 15.6 Å². The van der Waals surface area contributed by atoms with E-state index >= 15 is 0 Å². The fraction of sp³-hybridized carbons (Fsp3) is 0.455. The minimum absolute atomic E-state index is 0.638. The van der Waals surface area contributed by atoms with Crippen molar-refractivity contribution in [2.75, 3.05) is 11.1 Å². The second-order valence-corrected chi connectivity index (χ2v) is 3.97. The number of nitrogens with two attached hydrogens (primary N) is 1. The molecule has 3 N–H and O–H groups in total. The van der Waals surface area contributed by atoms with E-state index in [4.69, 9.17) is 5.73 Å². The number of nitrogen functional groups attached to an aromatic ring is 1. The Morgan fingerprint density at radius 1 is 1.47 bits per heavy atom. The quantitative estimate of drug-likeness (QED) is 0.832. The number of anilines is 2. The summed E-state index contributed by atoms with van der Waals surface area (Å²) in [4.78, 5) is 4.25. The minimum atomic E-state index is 0.638. The van der Waals surface area contributed by atoms with Gasteiger partial charge in [0.25, 0.3) is 0 Å². The van der Waals surface area contributed by atoms with Gasteiger partial charge in [-0.05, 0) is 13.8 Å². The summed E-state index contributed by atoms with van der Waals surface area (Å²) in [5, 5.41) is 7.64. The van der Waals surface area contributed by atoms with Gasteiger partial charge >= 0.3 is 0 Å². The highest BCUT2D eigenvalue weighted by Crippen LogP contribution is 2.22. The highest BCUT2D eigenvalue weighted by molar-refractivity contribution is 5.64. The van der Waals surface area contributed by atoms with Crippen LogP contribution in [0.2, 0.25) is 0 Å². The number of imidazole rings is 1. The van der Waals surface area contributed by atoms with Crippen LogP contribution in [0.25, 0.3) is 0 Å². The summed E-state index contributed by atoms with van der Waals surface area (Å²) in [6, 6.07) is 0. The molecule has 2 aromatic heterocycles. The first-order valence-electron chi connectivity index (χ1n) is 5.66. The van der Waals surface area contributed by atoms with Gasteiger partial charge in [0.1, 0.15) is 11.6 Å². The zero-order chi connectivity index (χ0) is 12.4. The Morgan fingerprint density at radius 3 is 2.82 bits per heavy atom. The highest BCUT2D eigenvalue weighted by Gasteiger charge is 2.11. The Labute approximate surface area is 100 Å². The van der Waals surface area contributed by atoms with Gasteiger partial charge in [-0.2, -0.15) is 5.10 Å². The summed E-state index contributed by atoms with van der Waals surface area (Å²) in [6.07, 6.45) is 3.70. The molecule has 0 aliphatic heterocycles. The summed E-state index contributed by atoms with van der Waals surface area (Å²) < 4.78 is 3.84. The second kappa shape index (κ2) is 4.48. The normalized spacial score (nSPS) is 10.8. The average molecular weight is 234 g/mol. The van der Waals surface area contributed by atoms with Crippen LogP contribution in [0.5, 0.6) is 0 Å². The van der Waals surface area contributed by atoms with E-state index in [2.05, 4.69) is 15.4 Å². The first-order chi connectivity index (χ1) is 8.13. The van der Waals surface area contributed by atoms with Crippen molar-refractivity contribution in [3.8, 4) is 0 Å². The molecule has 0 spiro atoms. The Bertz CT molecular complexity index is 510. The maximum absolute atomic E-state index is 5.98. The lowest BCUT2D eigenvalue weighted by Crippen LogP contribution is -2.11. The van der Waals surface area contributed by atoms with Crippen LogP contribution in [-0.2, 0) is 20.1 Å². The maximum Gasteiger partial charge on any atom is 0.148 e. The van der Waals surface area contributed by atoms with Crippen LogP contribution >= 0.6 is 0 Å². The largest absolute Gasteiger partial charge is 0.394 e. The first-order valence-corrected chi connectivity index (χ1v) is 5.66. The molecule has 0 aliphatic carbocycles. The van der Waals surface area contributed by atoms with Crippen molar-refractivity contribution < 1.29 is 0 Å². The van der Waals surface area contributed by atoms with Crippen LogP contribution in [0.3, 0.4) is 0 Å². The van der Waals surface area contributed by atoms with Crippen molar-refractivity contribution in [3.05, 3.63) is 23.9 Å². The molecule has 6 nitrogen and oxygen atoms in total. The van der Waals surface area contributed by atoms with Gasteiger partial charge in [-0.1, -0.05) is 0 Å². The molecule has 2 heterocycles. The molecule has 0 bridgehead atoms. The summed E-state index contributed by atoms with van der Waals surface area (Å²) in [5.74, 6) is 1.83. The number of hydrogen-bond acceptors (Lipinski definition) is 4. The number of nitrogens with one attached hydrogen (secondary N) is 1. The van der Waals surface area contributed by atoms with Crippen molar-refractivity contribution in [1.82, 2.24) is 19.3 Å². The molecule has 0 atom stereocenters. The molecule has 0 amide bonds. The summed E-state index contributed by atoms with van der Waals surface area (Å²) in [7, 11) is 1.97. The second-order valence-electron chi connectivity index (χ2n) is 3.97. The molecule has 0 saturated carbocycles. The van der Waals surface area contributed by atoms with E-state index in [0.29, 0.717) is 12.2 Å². The van der Waals surface area contributed by atoms with Crippen LogP contribution in [0.1, 0.15) is 18.4 Å². The predicted molar refractivity (Wildman–Crippen MR) is 67.6 cm³/mol. The fourth-order valence-electron chi connectivity index (χ4n) is 1.74. The van der Waals surface area contributed by atoms with Crippen molar-refractivity contribution in [3.63, 3.8) is 0 Å². The van der Waals surface area contributed by atoms with Crippen LogP contribution in [0.15, 0.2) is 12.4 Å². The zero-order valence-corrected chi connectivity index (χ0v) is 10.4. The molecular weight excluding hydrogens is 216 g/mol. The number of aryl methyl sites for hydroxylation is 3. The van der Waals surface area contributed by atoms with Gasteiger partial charge in [-0.25, -0.2) is 9.67 Å². The Morgan fingerprint density at radius 2 is 2.24 bits per heavy atom. The molecule has 92 valence electrons. The Kier molecular flexibility index (Phi) is 3.03. The van der Waals surface area contributed by atoms with Crippen LogP contribution in [0.4, 0.5) is 11.5 Å².